The highest BCUT2D eigenvalue weighted by Gasteiger charge is 2.43. The van der Waals surface area contributed by atoms with Gasteiger partial charge in [0.1, 0.15) is 0 Å². The van der Waals surface area contributed by atoms with Crippen LogP contribution in [0.5, 0.6) is 11.5 Å². The van der Waals surface area contributed by atoms with Gasteiger partial charge in [0, 0.05) is 24.4 Å². The number of hydrogen-bond donors (Lipinski definition) is 0. The number of methoxy groups -OCH3 is 2. The Kier molecular flexibility index (Phi) is 9.94. The lowest BCUT2D eigenvalue weighted by Gasteiger charge is -2.37. The molecule has 0 radical (unpaired) electrons. The van der Waals surface area contributed by atoms with E-state index in [0.29, 0.717) is 60.5 Å². The van der Waals surface area contributed by atoms with E-state index in [1.807, 2.05) is 52.8 Å². The molecular weight excluding hydrogens is 582 g/mol. The SMILES string of the molecule is CCOC(=O)C1=C(c2ccccc2)N=C2SC=C(CC(=O)N3CCC(C(=O)OCC)CC3)N2[C@H]1c1ccc(OC)c(OC)c1. The summed E-state index contributed by atoms with van der Waals surface area (Å²) in [5, 5.41) is 2.58. The molecule has 0 N–H and O–H groups in total. The van der Waals surface area contributed by atoms with Gasteiger partial charge in [0.05, 0.1) is 57.1 Å². The van der Waals surface area contributed by atoms with E-state index in [1.54, 1.807) is 39.0 Å². The smallest absolute Gasteiger partial charge is 0.338 e. The van der Waals surface area contributed by atoms with Crippen LogP contribution in [0.3, 0.4) is 0 Å². The second-order valence-corrected chi connectivity index (χ2v) is 11.3. The average Bonchev–Trinajstić information content (AvgIpc) is 3.46. The summed E-state index contributed by atoms with van der Waals surface area (Å²) in [4.78, 5) is 48.3. The van der Waals surface area contributed by atoms with E-state index in [0.717, 1.165) is 16.8 Å². The van der Waals surface area contributed by atoms with Crippen LogP contribution in [-0.2, 0) is 23.9 Å². The Hall–Kier alpha value is -4.25. The third-order valence-corrected chi connectivity index (χ3v) is 8.76. The highest BCUT2D eigenvalue weighted by molar-refractivity contribution is 8.16. The molecule has 3 heterocycles. The maximum atomic E-state index is 13.8. The van der Waals surface area contributed by atoms with Crippen LogP contribution in [0, 0.1) is 5.92 Å². The van der Waals surface area contributed by atoms with E-state index in [1.165, 1.54) is 11.8 Å². The van der Waals surface area contributed by atoms with Crippen LogP contribution in [0.15, 0.2) is 70.2 Å². The van der Waals surface area contributed by atoms with Crippen LogP contribution in [0.25, 0.3) is 5.70 Å². The van der Waals surface area contributed by atoms with Gasteiger partial charge in [-0.05, 0) is 49.8 Å². The minimum absolute atomic E-state index is 0.0537. The summed E-state index contributed by atoms with van der Waals surface area (Å²) in [6.07, 6.45) is 1.25. The maximum Gasteiger partial charge on any atom is 0.338 e. The molecule has 1 amide bonds. The van der Waals surface area contributed by atoms with Crippen molar-refractivity contribution in [2.24, 2.45) is 10.9 Å². The number of rotatable bonds is 10. The van der Waals surface area contributed by atoms with Gasteiger partial charge in [-0.25, -0.2) is 9.79 Å². The minimum Gasteiger partial charge on any atom is -0.493 e. The molecule has 3 aliphatic rings. The maximum absolute atomic E-state index is 13.8. The lowest BCUT2D eigenvalue weighted by Crippen LogP contribution is -2.42. The number of aliphatic imine (C=N–C) groups is 1. The Labute approximate surface area is 261 Å². The van der Waals surface area contributed by atoms with Gasteiger partial charge in [-0.3, -0.25) is 9.59 Å². The summed E-state index contributed by atoms with van der Waals surface area (Å²) >= 11 is 1.41. The first-order valence-electron chi connectivity index (χ1n) is 14.8. The molecule has 0 bridgehead atoms. The molecule has 11 heteroatoms. The van der Waals surface area contributed by atoms with Crippen LogP contribution in [0.2, 0.25) is 0 Å². The summed E-state index contributed by atoms with van der Waals surface area (Å²) < 4.78 is 21.9. The number of esters is 2. The number of nitrogens with zero attached hydrogens (tertiary/aromatic N) is 3. The molecule has 1 fully saturated rings. The fourth-order valence-electron chi connectivity index (χ4n) is 5.72. The second-order valence-electron chi connectivity index (χ2n) is 10.4. The molecule has 2 aromatic carbocycles. The zero-order chi connectivity index (χ0) is 31.2. The molecule has 44 heavy (non-hydrogen) atoms. The molecule has 0 spiro atoms. The van der Waals surface area contributed by atoms with Gasteiger partial charge in [0.25, 0.3) is 0 Å². The zero-order valence-corrected chi connectivity index (χ0v) is 26.2. The summed E-state index contributed by atoms with van der Waals surface area (Å²) in [6.45, 7) is 5.06. The number of carbonyl (C=O) groups excluding carboxylic acids is 3. The van der Waals surface area contributed by atoms with Crippen molar-refractivity contribution in [1.82, 2.24) is 9.80 Å². The molecular formula is C33H37N3O7S. The van der Waals surface area contributed by atoms with E-state index >= 15 is 0 Å². The highest BCUT2D eigenvalue weighted by atomic mass is 32.2. The standard InChI is InChI=1S/C33H37N3O7S/c1-5-42-31(38)22-14-16-35(17-15-22)27(37)19-24-20-44-33-34-29(21-10-8-7-9-11-21)28(32(39)43-6-2)30(36(24)33)23-12-13-25(40-3)26(18-23)41-4/h7-13,18,20,22,30H,5-6,14-17,19H2,1-4H3/t30-/m0/s1. The number of likely N-dealkylation sites (tertiary alicyclic amines) is 1. The molecule has 0 unspecified atom stereocenters. The van der Waals surface area contributed by atoms with Crippen molar-refractivity contribution in [3.63, 3.8) is 0 Å². The Morgan fingerprint density at radius 3 is 2.30 bits per heavy atom. The average molecular weight is 620 g/mol. The first kappa shape index (κ1) is 31.2. The number of hydrogen-bond acceptors (Lipinski definition) is 10. The van der Waals surface area contributed by atoms with Gasteiger partial charge in [-0.2, -0.15) is 0 Å². The quantitative estimate of drug-likeness (QED) is 0.333. The topological polar surface area (TPSA) is 107 Å². The number of amides is 1. The Bertz CT molecular complexity index is 1500. The minimum atomic E-state index is -0.653. The first-order valence-corrected chi connectivity index (χ1v) is 15.6. The molecule has 2 aromatic rings. The number of piperidine rings is 1. The van der Waals surface area contributed by atoms with Gasteiger partial charge in [-0.15, -0.1) is 0 Å². The molecule has 0 saturated carbocycles. The summed E-state index contributed by atoms with van der Waals surface area (Å²) in [5.74, 6) is 0.132. The Balaban J connectivity index is 1.51. The van der Waals surface area contributed by atoms with Gasteiger partial charge in [-0.1, -0.05) is 48.2 Å². The van der Waals surface area contributed by atoms with Crippen molar-refractivity contribution in [2.75, 3.05) is 40.5 Å². The number of thioether (sulfide) groups is 1. The van der Waals surface area contributed by atoms with Crippen molar-refractivity contribution >= 4 is 40.5 Å². The highest BCUT2D eigenvalue weighted by Crippen LogP contribution is 2.48. The number of benzene rings is 2. The third-order valence-electron chi connectivity index (χ3n) is 7.88. The first-order chi connectivity index (χ1) is 21.4. The fourth-order valence-corrected chi connectivity index (χ4v) is 6.64. The molecule has 10 nitrogen and oxygen atoms in total. The number of carbonyl (C=O) groups is 3. The van der Waals surface area contributed by atoms with Crippen LogP contribution in [-0.4, -0.2) is 73.3 Å². The molecule has 1 saturated heterocycles. The number of fused-ring (bicyclic) bond motifs is 1. The van der Waals surface area contributed by atoms with Crippen molar-refractivity contribution in [2.45, 2.75) is 39.2 Å². The van der Waals surface area contributed by atoms with Crippen molar-refractivity contribution in [1.29, 1.82) is 0 Å². The van der Waals surface area contributed by atoms with Crippen LogP contribution in [0.4, 0.5) is 0 Å². The largest absolute Gasteiger partial charge is 0.493 e. The molecule has 3 aliphatic heterocycles. The Morgan fingerprint density at radius 1 is 0.932 bits per heavy atom. The molecule has 0 aliphatic carbocycles. The van der Waals surface area contributed by atoms with E-state index < -0.39 is 12.0 Å². The van der Waals surface area contributed by atoms with E-state index in [2.05, 4.69) is 0 Å². The van der Waals surface area contributed by atoms with Gasteiger partial charge >= 0.3 is 11.9 Å². The van der Waals surface area contributed by atoms with Gasteiger partial charge in [0.2, 0.25) is 5.91 Å². The van der Waals surface area contributed by atoms with E-state index in [-0.39, 0.29) is 30.8 Å². The Morgan fingerprint density at radius 2 is 1.64 bits per heavy atom. The third kappa shape index (κ3) is 6.33. The van der Waals surface area contributed by atoms with Crippen LogP contribution < -0.4 is 9.47 Å². The predicted octanol–water partition coefficient (Wildman–Crippen LogP) is 5.17. The van der Waals surface area contributed by atoms with Crippen LogP contribution >= 0.6 is 11.8 Å². The summed E-state index contributed by atoms with van der Waals surface area (Å²) in [5.41, 5.74) is 3.14. The van der Waals surface area contributed by atoms with Crippen LogP contribution in [0.1, 0.15) is 50.3 Å². The fraction of sp³-hybridized carbons (Fsp3) is 0.394. The predicted molar refractivity (Wildman–Crippen MR) is 168 cm³/mol. The van der Waals surface area contributed by atoms with Crippen molar-refractivity contribution in [3.05, 3.63) is 76.3 Å². The zero-order valence-electron chi connectivity index (χ0n) is 25.4. The molecule has 1 atom stereocenters. The molecule has 0 aromatic heterocycles. The lowest BCUT2D eigenvalue weighted by molar-refractivity contribution is -0.151. The normalized spacial score (nSPS) is 18.3. The van der Waals surface area contributed by atoms with Crippen molar-refractivity contribution in [3.8, 4) is 11.5 Å². The monoisotopic (exact) mass is 619 g/mol. The second kappa shape index (κ2) is 14.0. The van der Waals surface area contributed by atoms with Gasteiger partial charge < -0.3 is 28.7 Å². The van der Waals surface area contributed by atoms with E-state index in [9.17, 15) is 14.4 Å². The summed E-state index contributed by atoms with van der Waals surface area (Å²) in [7, 11) is 3.13. The number of amidine groups is 1. The molecule has 5 rings (SSSR count). The van der Waals surface area contributed by atoms with E-state index in [4.69, 9.17) is 23.9 Å². The number of ether oxygens (including phenoxy) is 4. The van der Waals surface area contributed by atoms with Crippen molar-refractivity contribution < 1.29 is 33.3 Å². The molecule has 232 valence electrons. The summed E-state index contributed by atoms with van der Waals surface area (Å²) in [6, 6.07) is 14.4. The lowest BCUT2D eigenvalue weighted by atomic mass is 9.91. The van der Waals surface area contributed by atoms with Gasteiger partial charge in [0.15, 0.2) is 16.7 Å².